The summed E-state index contributed by atoms with van der Waals surface area (Å²) in [5.74, 6) is -0.433. The van der Waals surface area contributed by atoms with E-state index in [1.807, 2.05) is 50.2 Å². The summed E-state index contributed by atoms with van der Waals surface area (Å²) in [6, 6.07) is 26.8. The number of benzene rings is 3. The Morgan fingerprint density at radius 1 is 0.905 bits per heavy atom. The number of ether oxygens (including phenoxy) is 1. The largest absolute Gasteiger partial charge is 0.492 e. The van der Waals surface area contributed by atoms with E-state index in [1.165, 1.54) is 11.8 Å². The van der Waals surface area contributed by atoms with Gasteiger partial charge in [0.1, 0.15) is 11.4 Å². The lowest BCUT2D eigenvalue weighted by Crippen LogP contribution is -2.30. The first-order chi connectivity index (χ1) is 20.5. The van der Waals surface area contributed by atoms with Gasteiger partial charge < -0.3 is 20.7 Å². The normalized spacial score (nSPS) is 11.7. The molecule has 9 heteroatoms. The molecule has 0 saturated carbocycles. The zero-order valence-electron chi connectivity index (χ0n) is 23.4. The van der Waals surface area contributed by atoms with Crippen LogP contribution in [0.4, 0.5) is 11.4 Å². The first-order valence-corrected chi connectivity index (χ1v) is 14.4. The van der Waals surface area contributed by atoms with Gasteiger partial charge in [0, 0.05) is 28.5 Å². The zero-order valence-corrected chi connectivity index (χ0v) is 24.2. The van der Waals surface area contributed by atoms with E-state index in [4.69, 9.17) is 4.74 Å². The topological polar surface area (TPSA) is 109 Å². The van der Waals surface area contributed by atoms with Crippen LogP contribution in [0.5, 0.6) is 5.75 Å². The number of nitrogens with zero attached hydrogens (tertiary/aromatic N) is 1. The first kappa shape index (κ1) is 30.1. The average molecular weight is 581 g/mol. The van der Waals surface area contributed by atoms with Crippen molar-refractivity contribution >= 4 is 46.9 Å². The molecule has 0 saturated heterocycles. The van der Waals surface area contributed by atoms with Crippen molar-refractivity contribution in [2.45, 2.75) is 30.4 Å². The number of carbonyl (C=O) groups excluding carboxylic acids is 3. The zero-order chi connectivity index (χ0) is 29.7. The van der Waals surface area contributed by atoms with E-state index in [-0.39, 0.29) is 16.9 Å². The van der Waals surface area contributed by atoms with E-state index in [0.29, 0.717) is 41.3 Å². The van der Waals surface area contributed by atoms with Crippen LogP contribution in [0.25, 0.3) is 6.08 Å². The van der Waals surface area contributed by atoms with Crippen LogP contribution in [0, 0.1) is 0 Å². The quantitative estimate of drug-likeness (QED) is 0.132. The van der Waals surface area contributed by atoms with Crippen LogP contribution < -0.4 is 20.7 Å². The van der Waals surface area contributed by atoms with Gasteiger partial charge in [-0.05, 0) is 73.5 Å². The molecule has 1 unspecified atom stereocenters. The van der Waals surface area contributed by atoms with Crippen molar-refractivity contribution in [1.82, 2.24) is 10.3 Å². The molecule has 4 rings (SSSR count). The standard InChI is InChI=1S/C33H32N4O4S/c1-3-30(33(40)36-27-17-8-9-18-29(27)41-4-2)42-26-16-10-15-25(21-26)35-32(39)28(20-23-12-11-19-34-22-23)37-31(38)24-13-6-5-7-14-24/h5-22,30H,3-4H2,1-2H3,(H,35,39)(H,36,40)(H,37,38)/b28-20-. The van der Waals surface area contributed by atoms with Crippen molar-refractivity contribution in [3.63, 3.8) is 0 Å². The van der Waals surface area contributed by atoms with Gasteiger partial charge in [-0.15, -0.1) is 11.8 Å². The fourth-order valence-corrected chi connectivity index (χ4v) is 4.98. The summed E-state index contributed by atoms with van der Waals surface area (Å²) < 4.78 is 5.63. The molecule has 0 radical (unpaired) electrons. The van der Waals surface area contributed by atoms with Crippen LogP contribution in [0.3, 0.4) is 0 Å². The number of carbonyl (C=O) groups is 3. The molecule has 1 heterocycles. The first-order valence-electron chi connectivity index (χ1n) is 13.6. The van der Waals surface area contributed by atoms with E-state index < -0.39 is 11.8 Å². The summed E-state index contributed by atoms with van der Waals surface area (Å²) in [5, 5.41) is 8.19. The Balaban J connectivity index is 1.48. The highest BCUT2D eigenvalue weighted by Crippen LogP contribution is 2.30. The van der Waals surface area contributed by atoms with Crippen molar-refractivity contribution in [2.75, 3.05) is 17.2 Å². The molecular formula is C33H32N4O4S. The van der Waals surface area contributed by atoms with Gasteiger partial charge in [0.25, 0.3) is 11.8 Å². The number of hydrogen-bond acceptors (Lipinski definition) is 6. The Morgan fingerprint density at radius 2 is 1.69 bits per heavy atom. The smallest absolute Gasteiger partial charge is 0.272 e. The third-order valence-electron chi connectivity index (χ3n) is 6.00. The van der Waals surface area contributed by atoms with Gasteiger partial charge in [-0.3, -0.25) is 19.4 Å². The minimum atomic E-state index is -0.498. The van der Waals surface area contributed by atoms with Crippen LogP contribution in [0.15, 0.2) is 114 Å². The maximum atomic E-state index is 13.4. The Hall–Kier alpha value is -4.89. The molecule has 1 atom stereocenters. The molecule has 0 aliphatic rings. The fraction of sp³-hybridized carbons (Fsp3) is 0.152. The summed E-state index contributed by atoms with van der Waals surface area (Å²) in [4.78, 5) is 44.3. The maximum Gasteiger partial charge on any atom is 0.272 e. The Kier molecular flexibility index (Phi) is 10.9. The summed E-state index contributed by atoms with van der Waals surface area (Å²) in [6.07, 6.45) is 5.39. The number of hydrogen-bond donors (Lipinski definition) is 3. The monoisotopic (exact) mass is 580 g/mol. The van der Waals surface area contributed by atoms with Gasteiger partial charge in [-0.1, -0.05) is 49.4 Å². The number of para-hydroxylation sites is 2. The summed E-state index contributed by atoms with van der Waals surface area (Å²) in [6.45, 7) is 4.33. The van der Waals surface area contributed by atoms with Crippen LogP contribution in [-0.4, -0.2) is 34.6 Å². The second-order valence-electron chi connectivity index (χ2n) is 9.08. The predicted octanol–water partition coefficient (Wildman–Crippen LogP) is 6.40. The maximum absolute atomic E-state index is 13.4. The van der Waals surface area contributed by atoms with Crippen LogP contribution in [-0.2, 0) is 9.59 Å². The van der Waals surface area contributed by atoms with Crippen molar-refractivity contribution in [1.29, 1.82) is 0 Å². The SMILES string of the molecule is CCOc1ccccc1NC(=O)C(CC)Sc1cccc(NC(=O)/C(=C/c2cccnc2)NC(=O)c2ccccc2)c1. The second kappa shape index (κ2) is 15.2. The number of thioether (sulfide) groups is 1. The lowest BCUT2D eigenvalue weighted by molar-refractivity contribution is -0.116. The minimum Gasteiger partial charge on any atom is -0.492 e. The summed E-state index contributed by atoms with van der Waals surface area (Å²) in [7, 11) is 0. The Morgan fingerprint density at radius 3 is 2.43 bits per heavy atom. The molecule has 3 N–H and O–H groups in total. The Bertz CT molecular complexity index is 1540. The highest BCUT2D eigenvalue weighted by Gasteiger charge is 2.20. The van der Waals surface area contributed by atoms with E-state index in [2.05, 4.69) is 20.9 Å². The Labute approximate surface area is 249 Å². The van der Waals surface area contributed by atoms with Crippen LogP contribution in [0.2, 0.25) is 0 Å². The lowest BCUT2D eigenvalue weighted by Gasteiger charge is -2.17. The van der Waals surface area contributed by atoms with Crippen LogP contribution >= 0.6 is 11.8 Å². The molecule has 0 bridgehead atoms. The van der Waals surface area contributed by atoms with Gasteiger partial charge in [0.15, 0.2) is 0 Å². The van der Waals surface area contributed by atoms with Crippen molar-refractivity contribution < 1.29 is 19.1 Å². The lowest BCUT2D eigenvalue weighted by atomic mass is 10.2. The van der Waals surface area contributed by atoms with Gasteiger partial charge in [-0.2, -0.15) is 0 Å². The van der Waals surface area contributed by atoms with Crippen molar-refractivity contribution in [2.24, 2.45) is 0 Å². The molecule has 42 heavy (non-hydrogen) atoms. The highest BCUT2D eigenvalue weighted by molar-refractivity contribution is 8.00. The van der Waals surface area contributed by atoms with Gasteiger partial charge in [-0.25, -0.2) is 0 Å². The number of amides is 3. The highest BCUT2D eigenvalue weighted by atomic mass is 32.2. The summed E-state index contributed by atoms with van der Waals surface area (Å²) in [5.41, 5.74) is 2.29. The fourth-order valence-electron chi connectivity index (χ4n) is 3.97. The molecule has 214 valence electrons. The number of nitrogens with one attached hydrogen (secondary N) is 3. The molecule has 3 amide bonds. The molecule has 0 spiro atoms. The van der Waals surface area contributed by atoms with Crippen molar-refractivity contribution in [3.8, 4) is 5.75 Å². The molecule has 0 aliphatic carbocycles. The number of anilines is 2. The van der Waals surface area contributed by atoms with Gasteiger partial charge >= 0.3 is 0 Å². The predicted molar refractivity (Wildman–Crippen MR) is 167 cm³/mol. The molecule has 0 fully saturated rings. The molecule has 0 aliphatic heterocycles. The number of pyridine rings is 1. The van der Waals surface area contributed by atoms with Crippen molar-refractivity contribution in [3.05, 3.63) is 120 Å². The van der Waals surface area contributed by atoms with E-state index in [0.717, 1.165) is 4.90 Å². The average Bonchev–Trinajstić information content (AvgIpc) is 3.01. The second-order valence-corrected chi connectivity index (χ2v) is 10.4. The van der Waals surface area contributed by atoms with Gasteiger partial charge in [0.05, 0.1) is 17.5 Å². The third kappa shape index (κ3) is 8.55. The third-order valence-corrected chi connectivity index (χ3v) is 7.36. The summed E-state index contributed by atoms with van der Waals surface area (Å²) >= 11 is 1.40. The number of rotatable bonds is 12. The molecule has 3 aromatic carbocycles. The van der Waals surface area contributed by atoms with E-state index in [9.17, 15) is 14.4 Å². The van der Waals surface area contributed by atoms with E-state index >= 15 is 0 Å². The molecular weight excluding hydrogens is 548 g/mol. The van der Waals surface area contributed by atoms with E-state index in [1.54, 1.807) is 73.1 Å². The minimum absolute atomic E-state index is 0.0636. The van der Waals surface area contributed by atoms with Crippen LogP contribution in [0.1, 0.15) is 36.2 Å². The number of aromatic nitrogens is 1. The molecule has 8 nitrogen and oxygen atoms in total. The molecule has 1 aromatic heterocycles. The van der Waals surface area contributed by atoms with Gasteiger partial charge in [0.2, 0.25) is 5.91 Å². The molecule has 4 aromatic rings.